The highest BCUT2D eigenvalue weighted by Gasteiger charge is 2.09. The summed E-state index contributed by atoms with van der Waals surface area (Å²) in [4.78, 5) is 12.0. The molecular weight excluding hydrogens is 326 g/mol. The molecule has 0 saturated carbocycles. The van der Waals surface area contributed by atoms with E-state index in [2.05, 4.69) is 17.4 Å². The largest absolute Gasteiger partial charge is 0.494 e. The standard InChI is InChI=1S/C22H19NO3/c1-2-25-18-10-8-17(9-11-18)23-14-16-13-21(24)26-20-12-7-15-5-3-4-6-19(15)22(16)20/h3-13,23H,2,14H2,1H3. The first-order valence-corrected chi connectivity index (χ1v) is 8.66. The summed E-state index contributed by atoms with van der Waals surface area (Å²) in [6, 6.07) is 21.3. The van der Waals surface area contributed by atoms with E-state index in [0.29, 0.717) is 18.7 Å². The zero-order chi connectivity index (χ0) is 17.9. The molecule has 26 heavy (non-hydrogen) atoms. The van der Waals surface area contributed by atoms with E-state index in [9.17, 15) is 4.79 Å². The number of ether oxygens (including phenoxy) is 1. The van der Waals surface area contributed by atoms with Crippen LogP contribution in [0.4, 0.5) is 5.69 Å². The molecule has 3 aromatic carbocycles. The van der Waals surface area contributed by atoms with Gasteiger partial charge in [0.05, 0.1) is 6.61 Å². The van der Waals surface area contributed by atoms with Gasteiger partial charge in [-0.2, -0.15) is 0 Å². The van der Waals surface area contributed by atoms with Crippen molar-refractivity contribution >= 4 is 27.4 Å². The van der Waals surface area contributed by atoms with Crippen LogP contribution >= 0.6 is 0 Å². The van der Waals surface area contributed by atoms with Gasteiger partial charge in [0.15, 0.2) is 0 Å². The molecule has 0 bridgehead atoms. The summed E-state index contributed by atoms with van der Waals surface area (Å²) in [6.45, 7) is 3.14. The summed E-state index contributed by atoms with van der Waals surface area (Å²) in [5.74, 6) is 0.842. The lowest BCUT2D eigenvalue weighted by Crippen LogP contribution is -2.06. The number of hydrogen-bond donors (Lipinski definition) is 1. The van der Waals surface area contributed by atoms with Crippen LogP contribution in [0, 0.1) is 0 Å². The van der Waals surface area contributed by atoms with Gasteiger partial charge in [0, 0.05) is 23.7 Å². The Morgan fingerprint density at radius 3 is 2.62 bits per heavy atom. The molecule has 0 aliphatic rings. The monoisotopic (exact) mass is 345 g/mol. The highest BCUT2D eigenvalue weighted by Crippen LogP contribution is 2.28. The molecule has 0 fully saturated rings. The van der Waals surface area contributed by atoms with Gasteiger partial charge in [0.25, 0.3) is 0 Å². The maximum atomic E-state index is 12.0. The third-order valence-electron chi connectivity index (χ3n) is 4.36. The molecule has 130 valence electrons. The first-order chi connectivity index (χ1) is 12.7. The van der Waals surface area contributed by atoms with Gasteiger partial charge in [-0.05, 0) is 53.6 Å². The molecule has 1 N–H and O–H groups in total. The zero-order valence-electron chi connectivity index (χ0n) is 14.5. The molecule has 1 aromatic heterocycles. The SMILES string of the molecule is CCOc1ccc(NCc2cc(=O)oc3ccc4ccccc4c23)cc1. The number of hydrogen-bond acceptors (Lipinski definition) is 4. The average molecular weight is 345 g/mol. The Morgan fingerprint density at radius 2 is 1.81 bits per heavy atom. The molecule has 0 spiro atoms. The topological polar surface area (TPSA) is 51.5 Å². The van der Waals surface area contributed by atoms with Crippen molar-refractivity contribution < 1.29 is 9.15 Å². The zero-order valence-corrected chi connectivity index (χ0v) is 14.5. The summed E-state index contributed by atoms with van der Waals surface area (Å²) < 4.78 is 10.9. The maximum absolute atomic E-state index is 12.0. The molecule has 4 heteroatoms. The Bertz CT molecular complexity index is 1110. The van der Waals surface area contributed by atoms with Crippen LogP contribution in [-0.4, -0.2) is 6.61 Å². The van der Waals surface area contributed by atoms with Crippen molar-refractivity contribution in [3.8, 4) is 5.75 Å². The third-order valence-corrected chi connectivity index (χ3v) is 4.36. The highest BCUT2D eigenvalue weighted by atomic mass is 16.5. The summed E-state index contributed by atoms with van der Waals surface area (Å²) in [6.07, 6.45) is 0. The van der Waals surface area contributed by atoms with Crippen molar-refractivity contribution in [1.29, 1.82) is 0 Å². The molecule has 0 amide bonds. The first kappa shape index (κ1) is 16.2. The van der Waals surface area contributed by atoms with Gasteiger partial charge in [-0.25, -0.2) is 4.79 Å². The van der Waals surface area contributed by atoms with E-state index in [0.717, 1.165) is 33.2 Å². The summed E-state index contributed by atoms with van der Waals surface area (Å²) in [5, 5.41) is 6.55. The van der Waals surface area contributed by atoms with Crippen molar-refractivity contribution in [2.24, 2.45) is 0 Å². The van der Waals surface area contributed by atoms with E-state index in [1.54, 1.807) is 6.07 Å². The second-order valence-corrected chi connectivity index (χ2v) is 6.06. The smallest absolute Gasteiger partial charge is 0.336 e. The first-order valence-electron chi connectivity index (χ1n) is 8.66. The molecule has 0 unspecified atom stereocenters. The molecule has 0 radical (unpaired) electrons. The van der Waals surface area contributed by atoms with Gasteiger partial charge >= 0.3 is 5.63 Å². The Morgan fingerprint density at radius 1 is 1.00 bits per heavy atom. The van der Waals surface area contributed by atoms with Crippen LogP contribution in [0.25, 0.3) is 21.7 Å². The van der Waals surface area contributed by atoms with Crippen LogP contribution in [0.1, 0.15) is 12.5 Å². The number of anilines is 1. The average Bonchev–Trinajstić information content (AvgIpc) is 2.67. The quantitative estimate of drug-likeness (QED) is 0.410. The van der Waals surface area contributed by atoms with Gasteiger partial charge in [-0.1, -0.05) is 30.3 Å². The fourth-order valence-electron chi connectivity index (χ4n) is 3.19. The van der Waals surface area contributed by atoms with Gasteiger partial charge in [0.2, 0.25) is 0 Å². The number of benzene rings is 3. The van der Waals surface area contributed by atoms with Gasteiger partial charge in [-0.3, -0.25) is 0 Å². The van der Waals surface area contributed by atoms with Gasteiger partial charge in [0.1, 0.15) is 11.3 Å². The Hall–Kier alpha value is -3.27. The molecule has 4 aromatic rings. The minimum absolute atomic E-state index is 0.337. The Labute approximate surface area is 151 Å². The van der Waals surface area contributed by atoms with Crippen molar-refractivity contribution in [3.63, 3.8) is 0 Å². The normalized spacial score (nSPS) is 11.0. The predicted octanol–water partition coefficient (Wildman–Crippen LogP) is 4.96. The van der Waals surface area contributed by atoms with Crippen molar-refractivity contribution in [3.05, 3.63) is 82.7 Å². The second kappa shape index (κ2) is 6.92. The summed E-state index contributed by atoms with van der Waals surface area (Å²) >= 11 is 0. The van der Waals surface area contributed by atoms with E-state index in [1.165, 1.54) is 0 Å². The van der Waals surface area contributed by atoms with Crippen LogP contribution in [0.5, 0.6) is 5.75 Å². The van der Waals surface area contributed by atoms with E-state index in [1.807, 2.05) is 55.5 Å². The van der Waals surface area contributed by atoms with E-state index < -0.39 is 0 Å². The maximum Gasteiger partial charge on any atom is 0.336 e. The second-order valence-electron chi connectivity index (χ2n) is 6.06. The fraction of sp³-hybridized carbons (Fsp3) is 0.136. The predicted molar refractivity (Wildman–Crippen MR) is 105 cm³/mol. The van der Waals surface area contributed by atoms with Crippen LogP contribution in [-0.2, 0) is 6.54 Å². The molecule has 0 atom stereocenters. The molecule has 1 heterocycles. The summed E-state index contributed by atoms with van der Waals surface area (Å²) in [7, 11) is 0. The van der Waals surface area contributed by atoms with Crippen LogP contribution in [0.3, 0.4) is 0 Å². The lowest BCUT2D eigenvalue weighted by Gasteiger charge is -2.11. The van der Waals surface area contributed by atoms with Crippen molar-refractivity contribution in [2.45, 2.75) is 13.5 Å². The lowest BCUT2D eigenvalue weighted by atomic mass is 10.0. The van der Waals surface area contributed by atoms with E-state index >= 15 is 0 Å². The molecule has 0 aliphatic heterocycles. The van der Waals surface area contributed by atoms with Crippen LogP contribution in [0.2, 0.25) is 0 Å². The fourth-order valence-corrected chi connectivity index (χ4v) is 3.19. The molecule has 0 aliphatic carbocycles. The molecule has 0 saturated heterocycles. The lowest BCUT2D eigenvalue weighted by molar-refractivity contribution is 0.340. The van der Waals surface area contributed by atoms with Gasteiger partial charge in [-0.15, -0.1) is 0 Å². The Balaban J connectivity index is 1.71. The highest BCUT2D eigenvalue weighted by molar-refractivity contribution is 6.07. The molecule has 4 nitrogen and oxygen atoms in total. The number of rotatable bonds is 5. The Kier molecular flexibility index (Phi) is 4.32. The van der Waals surface area contributed by atoms with E-state index in [-0.39, 0.29) is 5.63 Å². The minimum Gasteiger partial charge on any atom is -0.494 e. The van der Waals surface area contributed by atoms with Crippen LogP contribution < -0.4 is 15.7 Å². The number of fused-ring (bicyclic) bond motifs is 3. The van der Waals surface area contributed by atoms with E-state index in [4.69, 9.17) is 9.15 Å². The van der Waals surface area contributed by atoms with Gasteiger partial charge < -0.3 is 14.5 Å². The van der Waals surface area contributed by atoms with Crippen LogP contribution in [0.15, 0.2) is 75.9 Å². The van der Waals surface area contributed by atoms with Crippen molar-refractivity contribution in [1.82, 2.24) is 0 Å². The summed E-state index contributed by atoms with van der Waals surface area (Å²) in [5.41, 5.74) is 2.16. The van der Waals surface area contributed by atoms with Crippen molar-refractivity contribution in [2.75, 3.05) is 11.9 Å². The third kappa shape index (κ3) is 3.14. The number of nitrogens with one attached hydrogen (secondary N) is 1. The molecular formula is C22H19NO3. The minimum atomic E-state index is -0.337. The molecule has 4 rings (SSSR count).